The van der Waals surface area contributed by atoms with Gasteiger partial charge in [0, 0.05) is 14.1 Å². The third kappa shape index (κ3) is 3.84. The molecular weight excluding hydrogens is 398 g/mol. The summed E-state index contributed by atoms with van der Waals surface area (Å²) in [5.41, 5.74) is 0. The van der Waals surface area contributed by atoms with Gasteiger partial charge < -0.3 is 9.84 Å². The zero-order valence-electron chi connectivity index (χ0n) is 17.8. The van der Waals surface area contributed by atoms with Crippen LogP contribution in [-0.4, -0.2) is 89.2 Å². The number of carbonyl (C=O) groups excluding carboxylic acids is 2. The first kappa shape index (κ1) is 20.8. The van der Waals surface area contributed by atoms with Crippen LogP contribution in [0.15, 0.2) is 47.5 Å². The van der Waals surface area contributed by atoms with Crippen LogP contribution in [0.3, 0.4) is 0 Å². The van der Waals surface area contributed by atoms with E-state index in [1.54, 1.807) is 11.6 Å². The van der Waals surface area contributed by atoms with Crippen molar-refractivity contribution in [1.29, 1.82) is 0 Å². The molecule has 2 aliphatic rings. The highest BCUT2D eigenvalue weighted by atomic mass is 16.5. The fraction of sp³-hybridized carbons (Fsp3) is 0.364. The number of guanidine groups is 1. The molecule has 9 heteroatoms. The number of ether oxygens (including phenoxy) is 1. The normalized spacial score (nSPS) is 19.6. The molecule has 0 aromatic heterocycles. The van der Waals surface area contributed by atoms with Crippen LogP contribution in [-0.2, 0) is 4.79 Å². The Morgan fingerprint density at radius 3 is 2.65 bits per heavy atom. The fourth-order valence-corrected chi connectivity index (χ4v) is 3.82. The second kappa shape index (κ2) is 8.35. The van der Waals surface area contributed by atoms with Crippen molar-refractivity contribution in [1.82, 2.24) is 15.1 Å². The highest BCUT2D eigenvalue weighted by Gasteiger charge is 2.51. The maximum atomic E-state index is 12.8. The molecule has 2 N–H and O–H groups in total. The minimum Gasteiger partial charge on any atom is -0.491 e. The summed E-state index contributed by atoms with van der Waals surface area (Å²) < 4.78 is 7.49. The standard InChI is InChI=1S/C22H25N5O4/c1-4-23-21-24-19-18(20(29)26(3)22(30)25(19)2)27(21)12-16(28)13-31-17-10-9-14-7-5-6-8-15(14)11-17/h5-11,16,18,28H,4,12-13H2,1-3H3/p+1. The maximum absolute atomic E-state index is 12.8. The number of hydrogen-bond donors (Lipinski definition) is 2. The molecule has 0 bridgehead atoms. The molecule has 2 unspecified atom stereocenters. The van der Waals surface area contributed by atoms with Crippen molar-refractivity contribution < 1.29 is 24.0 Å². The minimum atomic E-state index is -0.879. The molecule has 31 heavy (non-hydrogen) atoms. The largest absolute Gasteiger partial charge is 0.491 e. The number of fused-ring (bicyclic) bond motifs is 2. The minimum absolute atomic E-state index is 0.0507. The molecule has 0 spiro atoms. The van der Waals surface area contributed by atoms with Crippen LogP contribution in [0.1, 0.15) is 6.92 Å². The SMILES string of the molecule is CCNC1=[N+](CC(O)COc2ccc3ccccc3c2)C2C(=O)N(C)C(=O)N(C)C2=N1. The molecule has 2 aliphatic heterocycles. The van der Waals surface area contributed by atoms with Crippen molar-refractivity contribution >= 4 is 34.5 Å². The summed E-state index contributed by atoms with van der Waals surface area (Å²) >= 11 is 0. The number of amides is 3. The third-order valence-corrected chi connectivity index (χ3v) is 5.44. The Bertz CT molecular complexity index is 1100. The highest BCUT2D eigenvalue weighted by molar-refractivity contribution is 6.22. The van der Waals surface area contributed by atoms with E-state index in [0.717, 1.165) is 15.7 Å². The van der Waals surface area contributed by atoms with Gasteiger partial charge >= 0.3 is 12.0 Å². The number of imide groups is 1. The lowest BCUT2D eigenvalue weighted by Crippen LogP contribution is -2.62. The predicted octanol–water partition coefficient (Wildman–Crippen LogP) is 0.862. The molecule has 2 aromatic carbocycles. The van der Waals surface area contributed by atoms with Gasteiger partial charge in [0.25, 0.3) is 5.91 Å². The van der Waals surface area contributed by atoms with E-state index in [-0.39, 0.29) is 19.1 Å². The smallest absolute Gasteiger partial charge is 0.390 e. The number of β-amino-alcohol motifs (C(OH)–C–C–N with tert-alkyl or cyclic N) is 1. The maximum Gasteiger partial charge on any atom is 0.390 e. The van der Waals surface area contributed by atoms with E-state index < -0.39 is 18.2 Å². The second-order valence-electron chi connectivity index (χ2n) is 7.59. The molecule has 1 saturated heterocycles. The lowest BCUT2D eigenvalue weighted by atomic mass is 10.1. The van der Waals surface area contributed by atoms with Gasteiger partial charge in [0.05, 0.1) is 13.1 Å². The van der Waals surface area contributed by atoms with Crippen molar-refractivity contribution in [2.45, 2.75) is 19.1 Å². The van der Waals surface area contributed by atoms with Crippen molar-refractivity contribution in [3.8, 4) is 5.75 Å². The zero-order chi connectivity index (χ0) is 22.1. The number of amidine groups is 1. The lowest BCUT2D eigenvalue weighted by Gasteiger charge is -2.32. The van der Waals surface area contributed by atoms with Crippen LogP contribution in [0.5, 0.6) is 5.75 Å². The molecule has 3 amide bonds. The van der Waals surface area contributed by atoms with Crippen molar-refractivity contribution in [3.63, 3.8) is 0 Å². The summed E-state index contributed by atoms with van der Waals surface area (Å²) in [4.78, 5) is 32.0. The molecule has 162 valence electrons. The van der Waals surface area contributed by atoms with Crippen molar-refractivity contribution in [2.75, 3.05) is 33.8 Å². The van der Waals surface area contributed by atoms with Gasteiger partial charge in [-0.2, -0.15) is 0 Å². The summed E-state index contributed by atoms with van der Waals surface area (Å²) in [6.07, 6.45) is -0.879. The van der Waals surface area contributed by atoms with Gasteiger partial charge in [-0.05, 0) is 29.8 Å². The summed E-state index contributed by atoms with van der Waals surface area (Å²) in [5, 5.41) is 15.9. The van der Waals surface area contributed by atoms with E-state index in [4.69, 9.17) is 4.74 Å². The fourth-order valence-electron chi connectivity index (χ4n) is 3.82. The van der Waals surface area contributed by atoms with E-state index in [2.05, 4.69) is 10.3 Å². The second-order valence-corrected chi connectivity index (χ2v) is 7.59. The highest BCUT2D eigenvalue weighted by Crippen LogP contribution is 2.21. The summed E-state index contributed by atoms with van der Waals surface area (Å²) in [5.74, 6) is 1.09. The van der Waals surface area contributed by atoms with Crippen LogP contribution in [0.2, 0.25) is 0 Å². The number of nitrogens with zero attached hydrogens (tertiary/aromatic N) is 4. The van der Waals surface area contributed by atoms with Gasteiger partial charge in [-0.25, -0.2) is 9.37 Å². The third-order valence-electron chi connectivity index (χ3n) is 5.44. The molecule has 0 aliphatic carbocycles. The average molecular weight is 424 g/mol. The monoisotopic (exact) mass is 424 g/mol. The molecule has 1 fully saturated rings. The van der Waals surface area contributed by atoms with Gasteiger partial charge in [-0.15, -0.1) is 0 Å². The Kier molecular flexibility index (Phi) is 5.60. The molecule has 0 radical (unpaired) electrons. The van der Waals surface area contributed by atoms with Crippen LogP contribution < -0.4 is 10.1 Å². The predicted molar refractivity (Wildman–Crippen MR) is 116 cm³/mol. The van der Waals surface area contributed by atoms with Crippen LogP contribution in [0.4, 0.5) is 4.79 Å². The first-order valence-electron chi connectivity index (χ1n) is 10.2. The summed E-state index contributed by atoms with van der Waals surface area (Å²) in [7, 11) is 3.03. The number of rotatable bonds is 6. The number of hydrogen-bond acceptors (Lipinski definition) is 6. The van der Waals surface area contributed by atoms with E-state index in [1.807, 2.05) is 49.4 Å². The van der Waals surface area contributed by atoms with Gasteiger partial charge in [0.1, 0.15) is 18.5 Å². The zero-order valence-corrected chi connectivity index (χ0v) is 17.8. The summed E-state index contributed by atoms with van der Waals surface area (Å²) in [6, 6.07) is 12.5. The molecular formula is C22H26N5O4+. The Morgan fingerprint density at radius 1 is 1.16 bits per heavy atom. The van der Waals surface area contributed by atoms with Gasteiger partial charge in [0.2, 0.25) is 11.9 Å². The number of aliphatic hydroxyl groups excluding tert-OH is 1. The first-order chi connectivity index (χ1) is 14.9. The van der Waals surface area contributed by atoms with E-state index in [1.165, 1.54) is 11.9 Å². The van der Waals surface area contributed by atoms with Crippen molar-refractivity contribution in [2.24, 2.45) is 4.99 Å². The number of carbonyl (C=O) groups is 2. The van der Waals surface area contributed by atoms with Gasteiger partial charge in [-0.1, -0.05) is 35.3 Å². The number of benzene rings is 2. The number of likely N-dealkylation sites (N-methyl/N-ethyl adjacent to an activating group) is 2. The number of aliphatic imine (C=N–C) groups is 1. The van der Waals surface area contributed by atoms with Crippen LogP contribution >= 0.6 is 0 Å². The Hall–Kier alpha value is -3.46. The van der Waals surface area contributed by atoms with E-state index in [0.29, 0.717) is 24.1 Å². The molecule has 9 nitrogen and oxygen atoms in total. The lowest BCUT2D eigenvalue weighted by molar-refractivity contribution is -0.545. The van der Waals surface area contributed by atoms with Crippen LogP contribution in [0.25, 0.3) is 10.8 Å². The quantitative estimate of drug-likeness (QED) is 0.671. The van der Waals surface area contributed by atoms with Gasteiger partial charge in [-0.3, -0.25) is 19.9 Å². The Morgan fingerprint density at radius 2 is 1.90 bits per heavy atom. The summed E-state index contributed by atoms with van der Waals surface area (Å²) in [6.45, 7) is 2.67. The molecule has 2 heterocycles. The van der Waals surface area contributed by atoms with Crippen LogP contribution in [0, 0.1) is 0 Å². The van der Waals surface area contributed by atoms with Crippen molar-refractivity contribution in [3.05, 3.63) is 42.5 Å². The Balaban J connectivity index is 1.49. The van der Waals surface area contributed by atoms with E-state index in [9.17, 15) is 14.7 Å². The number of urea groups is 1. The first-order valence-corrected chi connectivity index (χ1v) is 10.2. The molecule has 0 saturated carbocycles. The molecule has 2 aromatic rings. The number of aliphatic hydroxyl groups is 1. The molecule has 2 atom stereocenters. The molecule has 4 rings (SSSR count). The topological polar surface area (TPSA) is 97.5 Å². The Labute approximate surface area is 180 Å². The number of nitrogens with one attached hydrogen (secondary N) is 1. The van der Waals surface area contributed by atoms with Gasteiger partial charge in [0.15, 0.2) is 0 Å². The van der Waals surface area contributed by atoms with E-state index >= 15 is 0 Å². The average Bonchev–Trinajstić information content (AvgIpc) is 3.13.